The molecule has 0 aromatic carbocycles. The fourth-order valence-corrected chi connectivity index (χ4v) is 1.47. The second-order valence-electron chi connectivity index (χ2n) is 4.29. The van der Waals surface area contributed by atoms with Crippen molar-refractivity contribution in [3.63, 3.8) is 0 Å². The zero-order valence-corrected chi connectivity index (χ0v) is 9.99. The first-order valence-corrected chi connectivity index (χ1v) is 5.38. The molecule has 0 amide bonds. The predicted octanol–water partition coefficient (Wildman–Crippen LogP) is 0.835. The highest BCUT2D eigenvalue weighted by Gasteiger charge is 2.12. The van der Waals surface area contributed by atoms with Gasteiger partial charge in [-0.1, -0.05) is 13.8 Å². The fraction of sp³-hybridized carbons (Fsp3) is 0.727. The number of rotatable bonds is 5. The summed E-state index contributed by atoms with van der Waals surface area (Å²) < 4.78 is 1.86. The third-order valence-corrected chi connectivity index (χ3v) is 2.89. The van der Waals surface area contributed by atoms with Gasteiger partial charge in [-0.25, -0.2) is 0 Å². The molecule has 1 aromatic heterocycles. The summed E-state index contributed by atoms with van der Waals surface area (Å²) >= 11 is 0. The molecule has 0 spiro atoms. The molecule has 1 heterocycles. The van der Waals surface area contributed by atoms with Crippen molar-refractivity contribution in [1.29, 1.82) is 0 Å². The third-order valence-electron chi connectivity index (χ3n) is 2.89. The van der Waals surface area contributed by atoms with Crippen LogP contribution in [0.1, 0.15) is 25.1 Å². The number of aromatic nitrogens is 2. The maximum Gasteiger partial charge on any atom is 0.0587 e. The number of hydrogen-bond donors (Lipinski definition) is 2. The molecule has 0 saturated heterocycles. The van der Waals surface area contributed by atoms with Gasteiger partial charge in [0.2, 0.25) is 0 Å². The van der Waals surface area contributed by atoms with Crippen molar-refractivity contribution in [2.45, 2.75) is 33.4 Å². The van der Waals surface area contributed by atoms with E-state index in [9.17, 15) is 0 Å². The van der Waals surface area contributed by atoms with Gasteiger partial charge in [0, 0.05) is 30.9 Å². The van der Waals surface area contributed by atoms with E-state index in [0.29, 0.717) is 5.92 Å². The van der Waals surface area contributed by atoms with Gasteiger partial charge in [0.25, 0.3) is 0 Å². The summed E-state index contributed by atoms with van der Waals surface area (Å²) in [5.74, 6) is 0.437. The molecule has 0 unspecified atom stereocenters. The number of hydrogen-bond acceptors (Lipinski definition) is 3. The molecule has 0 aliphatic heterocycles. The van der Waals surface area contributed by atoms with E-state index in [1.165, 1.54) is 11.3 Å². The first-order valence-electron chi connectivity index (χ1n) is 5.38. The van der Waals surface area contributed by atoms with Crippen LogP contribution in [-0.4, -0.2) is 27.5 Å². The standard InChI is InChI=1S/C11H21N3O/c1-8(2)11(7-15)12-5-10-6-13-14(4)9(10)3/h6,8,11-12,15H,5,7H2,1-4H3/t11-/m1/s1. The maximum absolute atomic E-state index is 9.17. The largest absolute Gasteiger partial charge is 0.395 e. The molecule has 1 aromatic rings. The van der Waals surface area contributed by atoms with Gasteiger partial charge >= 0.3 is 0 Å². The van der Waals surface area contributed by atoms with Gasteiger partial charge in [-0.2, -0.15) is 5.10 Å². The molecule has 0 bridgehead atoms. The molecule has 0 aliphatic carbocycles. The zero-order valence-electron chi connectivity index (χ0n) is 9.99. The number of aliphatic hydroxyl groups excluding tert-OH is 1. The molecule has 1 rings (SSSR count). The summed E-state index contributed by atoms with van der Waals surface area (Å²) in [4.78, 5) is 0. The average molecular weight is 211 g/mol. The topological polar surface area (TPSA) is 50.1 Å². The quantitative estimate of drug-likeness (QED) is 0.758. The molecule has 0 saturated carbocycles. The average Bonchev–Trinajstić information content (AvgIpc) is 2.49. The van der Waals surface area contributed by atoms with Crippen LogP contribution in [0.25, 0.3) is 0 Å². The minimum Gasteiger partial charge on any atom is -0.395 e. The lowest BCUT2D eigenvalue weighted by Crippen LogP contribution is -2.36. The van der Waals surface area contributed by atoms with E-state index >= 15 is 0 Å². The second-order valence-corrected chi connectivity index (χ2v) is 4.29. The third kappa shape index (κ3) is 3.04. The lowest BCUT2D eigenvalue weighted by atomic mass is 10.1. The van der Waals surface area contributed by atoms with E-state index in [1.54, 1.807) is 0 Å². The van der Waals surface area contributed by atoms with Crippen molar-refractivity contribution >= 4 is 0 Å². The van der Waals surface area contributed by atoms with E-state index in [0.717, 1.165) is 6.54 Å². The molecule has 2 N–H and O–H groups in total. The van der Waals surface area contributed by atoms with E-state index in [1.807, 2.05) is 24.9 Å². The monoisotopic (exact) mass is 211 g/mol. The molecule has 86 valence electrons. The SMILES string of the molecule is Cc1c(CN[C@H](CO)C(C)C)cnn1C. The summed E-state index contributed by atoms with van der Waals surface area (Å²) in [5, 5.41) is 16.7. The smallest absolute Gasteiger partial charge is 0.0587 e. The summed E-state index contributed by atoms with van der Waals surface area (Å²) in [5.41, 5.74) is 2.36. The Bertz CT molecular complexity index is 307. The van der Waals surface area contributed by atoms with Crippen molar-refractivity contribution in [1.82, 2.24) is 15.1 Å². The zero-order chi connectivity index (χ0) is 11.4. The van der Waals surface area contributed by atoms with Gasteiger partial charge in [0.05, 0.1) is 12.8 Å². The molecule has 0 aliphatic rings. The van der Waals surface area contributed by atoms with Gasteiger partial charge in [-0.3, -0.25) is 4.68 Å². The molecule has 1 atom stereocenters. The number of aliphatic hydroxyl groups is 1. The minimum absolute atomic E-state index is 0.157. The summed E-state index contributed by atoms with van der Waals surface area (Å²) in [7, 11) is 1.94. The Morgan fingerprint density at radius 1 is 1.53 bits per heavy atom. The Hall–Kier alpha value is -0.870. The summed E-state index contributed by atoms with van der Waals surface area (Å²) in [6, 6.07) is 0.157. The van der Waals surface area contributed by atoms with Gasteiger partial charge < -0.3 is 10.4 Å². The molecule has 15 heavy (non-hydrogen) atoms. The van der Waals surface area contributed by atoms with Gasteiger partial charge in [-0.05, 0) is 12.8 Å². The van der Waals surface area contributed by atoms with E-state index in [4.69, 9.17) is 5.11 Å². The van der Waals surface area contributed by atoms with Crippen LogP contribution in [0, 0.1) is 12.8 Å². The molecular weight excluding hydrogens is 190 g/mol. The van der Waals surface area contributed by atoms with E-state index in [-0.39, 0.29) is 12.6 Å². The number of aryl methyl sites for hydroxylation is 1. The first kappa shape index (κ1) is 12.2. The summed E-state index contributed by atoms with van der Waals surface area (Å²) in [6.45, 7) is 7.20. The van der Waals surface area contributed by atoms with E-state index < -0.39 is 0 Å². The maximum atomic E-state index is 9.17. The minimum atomic E-state index is 0.157. The van der Waals surface area contributed by atoms with Crippen LogP contribution in [0.2, 0.25) is 0 Å². The van der Waals surface area contributed by atoms with Gasteiger partial charge in [0.15, 0.2) is 0 Å². The highest BCUT2D eigenvalue weighted by molar-refractivity contribution is 5.15. The van der Waals surface area contributed by atoms with Gasteiger partial charge in [0.1, 0.15) is 0 Å². The first-order chi connectivity index (χ1) is 7.06. The Labute approximate surface area is 91.3 Å². The van der Waals surface area contributed by atoms with Crippen molar-refractivity contribution in [3.8, 4) is 0 Å². The van der Waals surface area contributed by atoms with Crippen LogP contribution in [0.3, 0.4) is 0 Å². The predicted molar refractivity (Wildman–Crippen MR) is 60.5 cm³/mol. The van der Waals surface area contributed by atoms with Crippen LogP contribution in [0.15, 0.2) is 6.20 Å². The highest BCUT2D eigenvalue weighted by atomic mass is 16.3. The summed E-state index contributed by atoms with van der Waals surface area (Å²) in [6.07, 6.45) is 1.87. The Morgan fingerprint density at radius 3 is 2.60 bits per heavy atom. The lowest BCUT2D eigenvalue weighted by molar-refractivity contribution is 0.210. The Kier molecular flexibility index (Phi) is 4.29. The molecule has 4 heteroatoms. The van der Waals surface area contributed by atoms with Crippen LogP contribution in [-0.2, 0) is 13.6 Å². The van der Waals surface area contributed by atoms with Gasteiger partial charge in [-0.15, -0.1) is 0 Å². The van der Waals surface area contributed by atoms with Crippen molar-refractivity contribution < 1.29 is 5.11 Å². The number of nitrogens with one attached hydrogen (secondary N) is 1. The van der Waals surface area contributed by atoms with E-state index in [2.05, 4.69) is 24.3 Å². The molecule has 0 radical (unpaired) electrons. The number of nitrogens with zero attached hydrogens (tertiary/aromatic N) is 2. The van der Waals surface area contributed by atoms with Crippen molar-refractivity contribution in [2.24, 2.45) is 13.0 Å². The molecular formula is C11H21N3O. The molecule has 4 nitrogen and oxygen atoms in total. The van der Waals surface area contributed by atoms with Crippen molar-refractivity contribution in [3.05, 3.63) is 17.5 Å². The lowest BCUT2D eigenvalue weighted by Gasteiger charge is -2.19. The van der Waals surface area contributed by atoms with Crippen LogP contribution < -0.4 is 5.32 Å². The fourth-order valence-electron chi connectivity index (χ4n) is 1.47. The molecule has 0 fully saturated rings. The Morgan fingerprint density at radius 2 is 2.20 bits per heavy atom. The Balaban J connectivity index is 2.53. The van der Waals surface area contributed by atoms with Crippen LogP contribution in [0.4, 0.5) is 0 Å². The highest BCUT2D eigenvalue weighted by Crippen LogP contribution is 2.07. The second kappa shape index (κ2) is 5.28. The van der Waals surface area contributed by atoms with Crippen LogP contribution in [0.5, 0.6) is 0 Å². The normalized spacial score (nSPS) is 13.5. The van der Waals surface area contributed by atoms with Crippen LogP contribution >= 0.6 is 0 Å². The van der Waals surface area contributed by atoms with Crippen molar-refractivity contribution in [2.75, 3.05) is 6.61 Å².